The molecule has 0 aliphatic heterocycles. The molecule has 1 unspecified atom stereocenters. The number of benzene rings is 1. The van der Waals surface area contributed by atoms with Gasteiger partial charge in [-0.1, -0.05) is 6.07 Å². The van der Waals surface area contributed by atoms with Crippen LogP contribution in [-0.2, 0) is 6.54 Å². The monoisotopic (exact) mass is 276 g/mol. The molecule has 1 atom stereocenters. The molecule has 0 bridgehead atoms. The Morgan fingerprint density at radius 1 is 1.55 bits per heavy atom. The number of nitrogens with zero attached hydrogens (tertiary/aromatic N) is 3. The van der Waals surface area contributed by atoms with Crippen LogP contribution in [0, 0.1) is 27.4 Å². The predicted octanol–water partition coefficient (Wildman–Crippen LogP) is 2.62. The van der Waals surface area contributed by atoms with Gasteiger partial charge in [-0.25, -0.2) is 0 Å². The van der Waals surface area contributed by atoms with Gasteiger partial charge in [0.25, 0.3) is 5.69 Å². The lowest BCUT2D eigenvalue weighted by Gasteiger charge is -2.18. The highest BCUT2D eigenvalue weighted by molar-refractivity contribution is 5.62. The molecule has 0 aliphatic rings. The molecular weight excluding hydrogens is 256 g/mol. The van der Waals surface area contributed by atoms with E-state index in [0.29, 0.717) is 25.3 Å². The summed E-state index contributed by atoms with van der Waals surface area (Å²) >= 11 is 0. The molecule has 6 heteroatoms. The van der Waals surface area contributed by atoms with Crippen LogP contribution in [0.2, 0.25) is 0 Å². The first-order valence-corrected chi connectivity index (χ1v) is 6.57. The zero-order valence-corrected chi connectivity index (χ0v) is 12.1. The first-order chi connectivity index (χ1) is 9.47. The summed E-state index contributed by atoms with van der Waals surface area (Å²) in [5.41, 5.74) is 1.61. The van der Waals surface area contributed by atoms with E-state index in [9.17, 15) is 10.1 Å². The maximum Gasteiger partial charge on any atom is 0.292 e. The summed E-state index contributed by atoms with van der Waals surface area (Å²) in [6.07, 6.45) is 0. The minimum absolute atomic E-state index is 0.0358. The van der Waals surface area contributed by atoms with Crippen molar-refractivity contribution >= 4 is 11.4 Å². The van der Waals surface area contributed by atoms with Crippen molar-refractivity contribution in [2.75, 3.05) is 25.5 Å². The van der Waals surface area contributed by atoms with Gasteiger partial charge in [0.2, 0.25) is 0 Å². The second-order valence-electron chi connectivity index (χ2n) is 4.87. The van der Waals surface area contributed by atoms with Crippen molar-refractivity contribution in [1.82, 2.24) is 4.90 Å². The highest BCUT2D eigenvalue weighted by Gasteiger charge is 2.14. The predicted molar refractivity (Wildman–Crippen MR) is 78.4 cm³/mol. The Kier molecular flexibility index (Phi) is 5.94. The summed E-state index contributed by atoms with van der Waals surface area (Å²) in [4.78, 5) is 12.6. The van der Waals surface area contributed by atoms with Gasteiger partial charge in [-0.3, -0.25) is 10.1 Å². The number of nitro benzene ring substituents is 1. The van der Waals surface area contributed by atoms with Crippen molar-refractivity contribution in [3.05, 3.63) is 33.9 Å². The van der Waals surface area contributed by atoms with Gasteiger partial charge in [0, 0.05) is 25.7 Å². The SMILES string of the molecule is CCNc1cc(CN(C)CC(C)C#N)ccc1[N+](=O)[O-]. The van der Waals surface area contributed by atoms with Gasteiger partial charge in [-0.05, 0) is 32.5 Å². The molecule has 0 saturated heterocycles. The molecule has 108 valence electrons. The fraction of sp³-hybridized carbons (Fsp3) is 0.500. The minimum Gasteiger partial charge on any atom is -0.380 e. The molecule has 0 heterocycles. The van der Waals surface area contributed by atoms with Crippen molar-refractivity contribution in [3.63, 3.8) is 0 Å². The molecule has 6 nitrogen and oxygen atoms in total. The molecular formula is C14H20N4O2. The zero-order chi connectivity index (χ0) is 15.1. The van der Waals surface area contributed by atoms with E-state index in [0.717, 1.165) is 5.56 Å². The number of nitriles is 1. The highest BCUT2D eigenvalue weighted by Crippen LogP contribution is 2.25. The number of hydrogen-bond acceptors (Lipinski definition) is 5. The Morgan fingerprint density at radius 3 is 2.80 bits per heavy atom. The van der Waals surface area contributed by atoms with Gasteiger partial charge in [-0.15, -0.1) is 0 Å². The van der Waals surface area contributed by atoms with E-state index in [4.69, 9.17) is 5.26 Å². The van der Waals surface area contributed by atoms with Gasteiger partial charge in [-0.2, -0.15) is 5.26 Å². The Hall–Kier alpha value is -2.13. The molecule has 1 N–H and O–H groups in total. The number of rotatable bonds is 7. The third-order valence-corrected chi connectivity index (χ3v) is 2.88. The van der Waals surface area contributed by atoms with Gasteiger partial charge >= 0.3 is 0 Å². The first kappa shape index (κ1) is 15.9. The molecule has 0 aromatic heterocycles. The smallest absolute Gasteiger partial charge is 0.292 e. The lowest BCUT2D eigenvalue weighted by molar-refractivity contribution is -0.384. The fourth-order valence-corrected chi connectivity index (χ4v) is 2.06. The van der Waals surface area contributed by atoms with Crippen LogP contribution in [0.15, 0.2) is 18.2 Å². The fourth-order valence-electron chi connectivity index (χ4n) is 2.06. The van der Waals surface area contributed by atoms with Crippen LogP contribution in [0.25, 0.3) is 0 Å². The standard InChI is InChI=1S/C14H20N4O2/c1-4-16-13-7-12(5-6-14(13)18(19)20)10-17(3)9-11(2)8-15/h5-7,11,16H,4,9-10H2,1-3H3. The quantitative estimate of drug-likeness (QED) is 0.611. The van der Waals surface area contributed by atoms with Crippen molar-refractivity contribution < 1.29 is 4.92 Å². The molecule has 20 heavy (non-hydrogen) atoms. The lowest BCUT2D eigenvalue weighted by Crippen LogP contribution is -2.23. The van der Waals surface area contributed by atoms with E-state index >= 15 is 0 Å². The topological polar surface area (TPSA) is 82.2 Å². The number of anilines is 1. The molecule has 0 amide bonds. The van der Waals surface area contributed by atoms with Crippen molar-refractivity contribution in [1.29, 1.82) is 5.26 Å². The van der Waals surface area contributed by atoms with Crippen LogP contribution in [0.5, 0.6) is 0 Å². The van der Waals surface area contributed by atoms with E-state index in [-0.39, 0.29) is 16.5 Å². The molecule has 0 saturated carbocycles. The second-order valence-corrected chi connectivity index (χ2v) is 4.87. The molecule has 0 aliphatic carbocycles. The van der Waals surface area contributed by atoms with Crippen LogP contribution in [0.1, 0.15) is 19.4 Å². The average molecular weight is 276 g/mol. The summed E-state index contributed by atoms with van der Waals surface area (Å²) in [7, 11) is 1.93. The first-order valence-electron chi connectivity index (χ1n) is 6.57. The Balaban J connectivity index is 2.84. The highest BCUT2D eigenvalue weighted by atomic mass is 16.6. The van der Waals surface area contributed by atoms with E-state index in [1.807, 2.05) is 25.8 Å². The summed E-state index contributed by atoms with van der Waals surface area (Å²) in [6.45, 7) is 5.73. The summed E-state index contributed by atoms with van der Waals surface area (Å²) in [6, 6.07) is 7.27. The van der Waals surface area contributed by atoms with E-state index < -0.39 is 0 Å². The lowest BCUT2D eigenvalue weighted by atomic mass is 10.1. The minimum atomic E-state index is -0.386. The van der Waals surface area contributed by atoms with Gasteiger partial charge in [0.1, 0.15) is 5.69 Å². The number of nitrogens with one attached hydrogen (secondary N) is 1. The van der Waals surface area contributed by atoms with Crippen molar-refractivity contribution in [2.45, 2.75) is 20.4 Å². The Morgan fingerprint density at radius 2 is 2.25 bits per heavy atom. The molecule has 1 aromatic rings. The third kappa shape index (κ3) is 4.52. The molecule has 0 radical (unpaired) electrons. The normalized spacial score (nSPS) is 11.9. The maximum absolute atomic E-state index is 10.9. The average Bonchev–Trinajstić information content (AvgIpc) is 2.38. The molecule has 0 spiro atoms. The summed E-state index contributed by atoms with van der Waals surface area (Å²) < 4.78 is 0. The Labute approximate surface area is 119 Å². The van der Waals surface area contributed by atoms with Crippen LogP contribution in [-0.4, -0.2) is 30.0 Å². The molecule has 1 aromatic carbocycles. The van der Waals surface area contributed by atoms with E-state index in [2.05, 4.69) is 11.4 Å². The summed E-state index contributed by atoms with van der Waals surface area (Å²) in [5, 5.41) is 22.7. The van der Waals surface area contributed by atoms with E-state index in [1.165, 1.54) is 6.07 Å². The van der Waals surface area contributed by atoms with Gasteiger partial charge in [0.15, 0.2) is 0 Å². The van der Waals surface area contributed by atoms with Crippen LogP contribution in [0.3, 0.4) is 0 Å². The van der Waals surface area contributed by atoms with Crippen molar-refractivity contribution in [2.24, 2.45) is 5.92 Å². The van der Waals surface area contributed by atoms with Gasteiger partial charge < -0.3 is 10.2 Å². The van der Waals surface area contributed by atoms with Crippen LogP contribution < -0.4 is 5.32 Å². The van der Waals surface area contributed by atoms with Crippen LogP contribution in [0.4, 0.5) is 11.4 Å². The largest absolute Gasteiger partial charge is 0.380 e. The second kappa shape index (κ2) is 7.46. The van der Waals surface area contributed by atoms with E-state index in [1.54, 1.807) is 12.1 Å². The summed E-state index contributed by atoms with van der Waals surface area (Å²) in [5.74, 6) is -0.0358. The van der Waals surface area contributed by atoms with Crippen molar-refractivity contribution in [3.8, 4) is 6.07 Å². The zero-order valence-electron chi connectivity index (χ0n) is 12.1. The number of nitro groups is 1. The number of hydrogen-bond donors (Lipinski definition) is 1. The van der Waals surface area contributed by atoms with Crippen LogP contribution >= 0.6 is 0 Å². The third-order valence-electron chi connectivity index (χ3n) is 2.88. The Bertz CT molecular complexity index is 510. The maximum atomic E-state index is 10.9. The molecule has 0 fully saturated rings. The van der Waals surface area contributed by atoms with Gasteiger partial charge in [0.05, 0.1) is 16.9 Å². The molecule has 1 rings (SSSR count).